The van der Waals surface area contributed by atoms with E-state index >= 15 is 0 Å². The average Bonchev–Trinajstić information content (AvgIpc) is 2.55. The van der Waals surface area contributed by atoms with Gasteiger partial charge in [-0.15, -0.1) is 11.8 Å². The van der Waals surface area contributed by atoms with Crippen LogP contribution in [0.4, 0.5) is 0 Å². The van der Waals surface area contributed by atoms with Crippen molar-refractivity contribution in [2.75, 3.05) is 12.4 Å². The molecule has 4 nitrogen and oxygen atoms in total. The number of carbonyl (C=O) groups excluding carboxylic acids is 2. The molecule has 6 heteroatoms. The van der Waals surface area contributed by atoms with Gasteiger partial charge in [0.1, 0.15) is 5.54 Å². The van der Waals surface area contributed by atoms with Crippen LogP contribution in [0.2, 0.25) is 0 Å². The molecule has 1 aliphatic carbocycles. The number of benzene rings is 1. The molecular weight excluding hydrogens is 378 g/mol. The van der Waals surface area contributed by atoms with E-state index in [0.717, 1.165) is 28.6 Å². The fraction of sp³-hybridized carbons (Fsp3) is 0.529. The van der Waals surface area contributed by atoms with E-state index in [2.05, 4.69) is 21.2 Å². The molecule has 1 aromatic rings. The number of hydrogen-bond acceptors (Lipinski definition) is 4. The van der Waals surface area contributed by atoms with E-state index in [1.165, 1.54) is 11.8 Å². The fourth-order valence-electron chi connectivity index (χ4n) is 2.79. The van der Waals surface area contributed by atoms with E-state index in [0.29, 0.717) is 25.2 Å². The topological polar surface area (TPSA) is 55.4 Å². The summed E-state index contributed by atoms with van der Waals surface area (Å²) in [5.74, 6) is -0.113. The Morgan fingerprint density at radius 2 is 1.87 bits per heavy atom. The lowest BCUT2D eigenvalue weighted by Crippen LogP contribution is -2.56. The predicted molar refractivity (Wildman–Crippen MR) is 95.5 cm³/mol. The van der Waals surface area contributed by atoms with Gasteiger partial charge < -0.3 is 10.1 Å². The van der Waals surface area contributed by atoms with Crippen LogP contribution in [0.5, 0.6) is 0 Å². The second-order valence-corrected chi connectivity index (χ2v) is 7.62. The summed E-state index contributed by atoms with van der Waals surface area (Å²) in [6, 6.07) is 7.82. The summed E-state index contributed by atoms with van der Waals surface area (Å²) < 4.78 is 6.20. The Hall–Kier alpha value is -1.01. The molecule has 0 bridgehead atoms. The van der Waals surface area contributed by atoms with Gasteiger partial charge in [0.15, 0.2) is 0 Å². The van der Waals surface area contributed by atoms with E-state index in [4.69, 9.17) is 4.74 Å². The molecule has 2 rings (SSSR count). The van der Waals surface area contributed by atoms with Crippen molar-refractivity contribution in [3.8, 4) is 0 Å². The van der Waals surface area contributed by atoms with Gasteiger partial charge in [-0.3, -0.25) is 4.79 Å². The lowest BCUT2D eigenvalue weighted by atomic mass is 9.81. The van der Waals surface area contributed by atoms with E-state index < -0.39 is 5.54 Å². The van der Waals surface area contributed by atoms with Crippen molar-refractivity contribution in [3.63, 3.8) is 0 Å². The van der Waals surface area contributed by atoms with Crippen LogP contribution < -0.4 is 5.32 Å². The maximum absolute atomic E-state index is 12.3. The lowest BCUT2D eigenvalue weighted by Gasteiger charge is -2.35. The van der Waals surface area contributed by atoms with Gasteiger partial charge in [-0.25, -0.2) is 4.79 Å². The van der Waals surface area contributed by atoms with Crippen molar-refractivity contribution in [2.24, 2.45) is 0 Å². The third kappa shape index (κ3) is 5.24. The summed E-state index contributed by atoms with van der Waals surface area (Å²) in [5, 5.41) is 2.96. The van der Waals surface area contributed by atoms with Gasteiger partial charge in [0.05, 0.1) is 12.4 Å². The van der Waals surface area contributed by atoms with Crippen LogP contribution in [-0.2, 0) is 14.3 Å². The van der Waals surface area contributed by atoms with Crippen LogP contribution >= 0.6 is 27.7 Å². The number of hydrogen-bond donors (Lipinski definition) is 1. The molecule has 126 valence electrons. The molecule has 1 fully saturated rings. The quantitative estimate of drug-likeness (QED) is 0.581. The smallest absolute Gasteiger partial charge is 0.331 e. The standard InChI is InChI=1S/C17H22BrNO3S/c1-2-22-16(21)17(10-4-3-5-11-17)19-15(20)12-23-14-8-6-13(18)7-9-14/h6-9H,2-5,10-12H2,1H3,(H,19,20). The number of halogens is 1. The molecule has 1 aliphatic rings. The molecule has 0 atom stereocenters. The first kappa shape index (κ1) is 18.3. The summed E-state index contributed by atoms with van der Waals surface area (Å²) in [6.07, 6.45) is 4.32. The number of thioether (sulfide) groups is 1. The molecule has 1 aromatic carbocycles. The van der Waals surface area contributed by atoms with Crippen LogP contribution in [0.1, 0.15) is 39.0 Å². The third-order valence-electron chi connectivity index (χ3n) is 3.94. The van der Waals surface area contributed by atoms with Crippen LogP contribution in [-0.4, -0.2) is 29.8 Å². The molecule has 1 N–H and O–H groups in total. The first-order chi connectivity index (χ1) is 11.1. The van der Waals surface area contributed by atoms with Crippen LogP contribution in [0, 0.1) is 0 Å². The van der Waals surface area contributed by atoms with Crippen LogP contribution in [0.15, 0.2) is 33.6 Å². The largest absolute Gasteiger partial charge is 0.464 e. The Bertz CT molecular complexity index is 541. The van der Waals surface area contributed by atoms with Crippen molar-refractivity contribution >= 4 is 39.6 Å². The summed E-state index contributed by atoms with van der Waals surface area (Å²) in [6.45, 7) is 2.13. The molecule has 0 spiro atoms. The van der Waals surface area contributed by atoms with Gasteiger partial charge in [0, 0.05) is 9.37 Å². The van der Waals surface area contributed by atoms with E-state index in [9.17, 15) is 9.59 Å². The summed E-state index contributed by atoms with van der Waals surface area (Å²) in [4.78, 5) is 25.7. The molecule has 23 heavy (non-hydrogen) atoms. The zero-order valence-corrected chi connectivity index (χ0v) is 15.7. The summed E-state index contributed by atoms with van der Waals surface area (Å²) in [5.41, 5.74) is -0.828. The monoisotopic (exact) mass is 399 g/mol. The number of amides is 1. The summed E-state index contributed by atoms with van der Waals surface area (Å²) >= 11 is 4.85. The highest BCUT2D eigenvalue weighted by molar-refractivity contribution is 9.10. The Morgan fingerprint density at radius 1 is 1.22 bits per heavy atom. The van der Waals surface area contributed by atoms with Gasteiger partial charge >= 0.3 is 5.97 Å². The van der Waals surface area contributed by atoms with E-state index in [1.807, 2.05) is 24.3 Å². The first-order valence-electron chi connectivity index (χ1n) is 7.92. The molecule has 1 amide bonds. The maximum atomic E-state index is 12.3. The Labute approximate surface area is 149 Å². The Kier molecular flexibility index (Phi) is 6.96. The van der Waals surface area contributed by atoms with Crippen molar-refractivity contribution in [3.05, 3.63) is 28.7 Å². The van der Waals surface area contributed by atoms with Gasteiger partial charge in [-0.2, -0.15) is 0 Å². The van der Waals surface area contributed by atoms with E-state index in [-0.39, 0.29) is 11.9 Å². The van der Waals surface area contributed by atoms with Gasteiger partial charge in [-0.1, -0.05) is 35.2 Å². The Balaban J connectivity index is 1.94. The van der Waals surface area contributed by atoms with E-state index in [1.54, 1.807) is 6.92 Å². The minimum atomic E-state index is -0.828. The molecule has 0 aliphatic heterocycles. The number of esters is 1. The number of carbonyl (C=O) groups is 2. The van der Waals surface area contributed by atoms with Crippen molar-refractivity contribution in [1.29, 1.82) is 0 Å². The van der Waals surface area contributed by atoms with Crippen molar-refractivity contribution < 1.29 is 14.3 Å². The number of ether oxygens (including phenoxy) is 1. The highest BCUT2D eigenvalue weighted by atomic mass is 79.9. The molecule has 1 saturated carbocycles. The maximum Gasteiger partial charge on any atom is 0.331 e. The molecule has 0 heterocycles. The minimum absolute atomic E-state index is 0.118. The SMILES string of the molecule is CCOC(=O)C1(NC(=O)CSc2ccc(Br)cc2)CCCCC1. The second-order valence-electron chi connectivity index (χ2n) is 5.65. The highest BCUT2D eigenvalue weighted by Gasteiger charge is 2.42. The van der Waals surface area contributed by atoms with Crippen molar-refractivity contribution in [2.45, 2.75) is 49.5 Å². The number of rotatable bonds is 6. The number of nitrogens with one attached hydrogen (secondary N) is 1. The zero-order chi connectivity index (χ0) is 16.7. The van der Waals surface area contributed by atoms with Crippen LogP contribution in [0.3, 0.4) is 0 Å². The molecular formula is C17H22BrNO3S. The predicted octanol–water partition coefficient (Wildman–Crippen LogP) is 3.92. The highest BCUT2D eigenvalue weighted by Crippen LogP contribution is 2.30. The summed E-state index contributed by atoms with van der Waals surface area (Å²) in [7, 11) is 0. The lowest BCUT2D eigenvalue weighted by molar-refractivity contribution is -0.154. The van der Waals surface area contributed by atoms with Gasteiger partial charge in [-0.05, 0) is 44.0 Å². The normalized spacial score (nSPS) is 16.6. The first-order valence-corrected chi connectivity index (χ1v) is 9.70. The molecule has 0 saturated heterocycles. The van der Waals surface area contributed by atoms with Crippen molar-refractivity contribution in [1.82, 2.24) is 5.32 Å². The van der Waals surface area contributed by atoms with Gasteiger partial charge in [0.25, 0.3) is 0 Å². The third-order valence-corrected chi connectivity index (χ3v) is 5.48. The van der Waals surface area contributed by atoms with Gasteiger partial charge in [0.2, 0.25) is 5.91 Å². The second kappa shape index (κ2) is 8.73. The fourth-order valence-corrected chi connectivity index (χ4v) is 3.75. The molecule has 0 aromatic heterocycles. The molecule has 0 radical (unpaired) electrons. The average molecular weight is 400 g/mol. The van der Waals surface area contributed by atoms with Crippen LogP contribution in [0.25, 0.3) is 0 Å². The molecule has 0 unspecified atom stereocenters. The zero-order valence-electron chi connectivity index (χ0n) is 13.3. The Morgan fingerprint density at radius 3 is 2.48 bits per heavy atom. The minimum Gasteiger partial charge on any atom is -0.464 e.